The standard InChI is InChI=1S/C28H26FN5O3S/c1-17-24(26(35)31-22-13-6-7-14-23(22)37-3)25(18-10-8-11-20(15-18)36-2)34-27(30-17)32-28(33-34)38-16-19-9-4-5-12-21(19)29/h4-15,25H,16H2,1-3H3,(H,31,35)(H,30,32,33). The molecule has 0 spiro atoms. The molecule has 1 aliphatic rings. The Morgan fingerprint density at radius 3 is 2.66 bits per heavy atom. The summed E-state index contributed by atoms with van der Waals surface area (Å²) in [5.41, 5.74) is 3.01. The number of anilines is 2. The van der Waals surface area contributed by atoms with Gasteiger partial charge in [0.15, 0.2) is 0 Å². The second kappa shape index (κ2) is 11.0. The minimum absolute atomic E-state index is 0.274. The van der Waals surface area contributed by atoms with Crippen LogP contribution in [0.3, 0.4) is 0 Å². The number of fused-ring (bicyclic) bond motifs is 1. The molecule has 8 nitrogen and oxygen atoms in total. The monoisotopic (exact) mass is 531 g/mol. The van der Waals surface area contributed by atoms with Crippen molar-refractivity contribution in [3.63, 3.8) is 0 Å². The molecule has 0 aliphatic carbocycles. The first-order chi connectivity index (χ1) is 18.5. The first-order valence-corrected chi connectivity index (χ1v) is 12.9. The van der Waals surface area contributed by atoms with Gasteiger partial charge < -0.3 is 20.1 Å². The molecule has 3 aromatic carbocycles. The number of aromatic nitrogens is 3. The van der Waals surface area contributed by atoms with Crippen molar-refractivity contribution in [2.45, 2.75) is 23.9 Å². The van der Waals surface area contributed by atoms with Gasteiger partial charge in [-0.15, -0.1) is 5.10 Å². The minimum atomic E-state index is -0.591. The summed E-state index contributed by atoms with van der Waals surface area (Å²) in [7, 11) is 3.15. The second-order valence-electron chi connectivity index (χ2n) is 8.54. The molecule has 194 valence electrons. The summed E-state index contributed by atoms with van der Waals surface area (Å²) >= 11 is 1.32. The highest BCUT2D eigenvalue weighted by Crippen LogP contribution is 2.38. The minimum Gasteiger partial charge on any atom is -0.497 e. The van der Waals surface area contributed by atoms with E-state index in [1.807, 2.05) is 43.3 Å². The van der Waals surface area contributed by atoms with Crippen molar-refractivity contribution in [1.29, 1.82) is 0 Å². The molecule has 10 heteroatoms. The van der Waals surface area contributed by atoms with E-state index in [0.717, 1.165) is 5.56 Å². The van der Waals surface area contributed by atoms with Crippen LogP contribution in [0.25, 0.3) is 0 Å². The van der Waals surface area contributed by atoms with E-state index in [4.69, 9.17) is 14.6 Å². The summed E-state index contributed by atoms with van der Waals surface area (Å²) in [6.45, 7) is 1.83. The molecule has 0 bridgehead atoms. The number of amides is 1. The van der Waals surface area contributed by atoms with Gasteiger partial charge in [0, 0.05) is 11.4 Å². The molecule has 38 heavy (non-hydrogen) atoms. The number of halogens is 1. The van der Waals surface area contributed by atoms with E-state index >= 15 is 0 Å². The molecular formula is C28H26FN5O3S. The van der Waals surface area contributed by atoms with Gasteiger partial charge in [0.1, 0.15) is 23.4 Å². The van der Waals surface area contributed by atoms with Crippen molar-refractivity contribution in [2.75, 3.05) is 24.9 Å². The Kier molecular flexibility index (Phi) is 7.32. The maximum absolute atomic E-state index is 14.2. The first kappa shape index (κ1) is 25.3. The quantitative estimate of drug-likeness (QED) is 0.284. The maximum Gasteiger partial charge on any atom is 0.255 e. The number of hydrogen-bond donors (Lipinski definition) is 2. The van der Waals surface area contributed by atoms with Crippen LogP contribution in [0, 0.1) is 5.82 Å². The van der Waals surface area contributed by atoms with Crippen LogP contribution in [-0.2, 0) is 10.5 Å². The lowest BCUT2D eigenvalue weighted by Crippen LogP contribution is -2.31. The number of ether oxygens (including phenoxy) is 2. The number of carbonyl (C=O) groups excluding carboxylic acids is 1. The molecule has 5 rings (SSSR count). The van der Waals surface area contributed by atoms with E-state index in [-0.39, 0.29) is 11.7 Å². The summed E-state index contributed by atoms with van der Waals surface area (Å²) < 4.78 is 26.7. The number of hydrogen-bond acceptors (Lipinski definition) is 7. The van der Waals surface area contributed by atoms with Crippen LogP contribution >= 0.6 is 11.8 Å². The summed E-state index contributed by atoms with van der Waals surface area (Å²) in [4.78, 5) is 18.4. The van der Waals surface area contributed by atoms with Crippen molar-refractivity contribution in [3.05, 3.63) is 101 Å². The molecule has 0 saturated heterocycles. The average molecular weight is 532 g/mol. The number of thioether (sulfide) groups is 1. The van der Waals surface area contributed by atoms with E-state index in [2.05, 4.69) is 15.6 Å². The van der Waals surface area contributed by atoms with Crippen LogP contribution in [-0.4, -0.2) is 34.9 Å². The number of rotatable bonds is 8. The summed E-state index contributed by atoms with van der Waals surface area (Å²) in [5, 5.41) is 11.4. The van der Waals surface area contributed by atoms with E-state index in [0.29, 0.717) is 50.9 Å². The van der Waals surface area contributed by atoms with Crippen LogP contribution < -0.4 is 20.1 Å². The van der Waals surface area contributed by atoms with Gasteiger partial charge in [-0.05, 0) is 48.4 Å². The van der Waals surface area contributed by atoms with E-state index in [9.17, 15) is 9.18 Å². The van der Waals surface area contributed by atoms with Crippen LogP contribution in [0.4, 0.5) is 16.0 Å². The van der Waals surface area contributed by atoms with Gasteiger partial charge in [-0.1, -0.05) is 54.2 Å². The van der Waals surface area contributed by atoms with Gasteiger partial charge in [0.2, 0.25) is 11.1 Å². The highest BCUT2D eigenvalue weighted by molar-refractivity contribution is 7.98. The topological polar surface area (TPSA) is 90.3 Å². The lowest BCUT2D eigenvalue weighted by atomic mass is 9.95. The third-order valence-corrected chi connectivity index (χ3v) is 7.04. The smallest absolute Gasteiger partial charge is 0.255 e. The molecule has 1 unspecified atom stereocenters. The Bertz CT molecular complexity index is 1520. The highest BCUT2D eigenvalue weighted by Gasteiger charge is 2.35. The number of nitrogens with zero attached hydrogens (tertiary/aromatic N) is 3. The number of allylic oxidation sites excluding steroid dienone is 1. The second-order valence-corrected chi connectivity index (χ2v) is 9.48. The number of benzene rings is 3. The molecule has 1 atom stereocenters. The summed E-state index contributed by atoms with van der Waals surface area (Å²) in [6, 6.07) is 20.8. The Morgan fingerprint density at radius 2 is 1.87 bits per heavy atom. The maximum atomic E-state index is 14.2. The third-order valence-electron chi connectivity index (χ3n) is 6.16. The van der Waals surface area contributed by atoms with Crippen LogP contribution in [0.15, 0.2) is 89.2 Å². The van der Waals surface area contributed by atoms with Crippen molar-refractivity contribution in [2.24, 2.45) is 0 Å². The number of methoxy groups -OCH3 is 2. The molecule has 2 N–H and O–H groups in total. The Balaban J connectivity index is 1.52. The fourth-order valence-electron chi connectivity index (χ4n) is 4.30. The molecule has 2 heterocycles. The molecule has 0 saturated carbocycles. The van der Waals surface area contributed by atoms with Crippen LogP contribution in [0.2, 0.25) is 0 Å². The van der Waals surface area contributed by atoms with Crippen LogP contribution in [0.5, 0.6) is 11.5 Å². The third kappa shape index (κ3) is 5.08. The average Bonchev–Trinajstić information content (AvgIpc) is 3.34. The van der Waals surface area contributed by atoms with Gasteiger partial charge >= 0.3 is 0 Å². The lowest BCUT2D eigenvalue weighted by molar-refractivity contribution is -0.113. The van der Waals surface area contributed by atoms with Gasteiger partial charge in [-0.25, -0.2) is 9.07 Å². The zero-order valence-corrected chi connectivity index (χ0v) is 21.9. The number of nitrogens with one attached hydrogen (secondary N) is 2. The van der Waals surface area contributed by atoms with Crippen molar-refractivity contribution in [3.8, 4) is 11.5 Å². The normalized spacial score (nSPS) is 14.5. The number of carbonyl (C=O) groups is 1. The molecule has 0 radical (unpaired) electrons. The predicted octanol–water partition coefficient (Wildman–Crippen LogP) is 5.65. The molecule has 0 fully saturated rings. The van der Waals surface area contributed by atoms with E-state index in [1.54, 1.807) is 49.2 Å². The lowest BCUT2D eigenvalue weighted by Gasteiger charge is -2.29. The fourth-order valence-corrected chi connectivity index (χ4v) is 5.12. The summed E-state index contributed by atoms with van der Waals surface area (Å²) in [5.74, 6) is 1.47. The Hall–Kier alpha value is -4.31. The Labute approximate surface area is 223 Å². The molecule has 4 aromatic rings. The van der Waals surface area contributed by atoms with Gasteiger partial charge in [0.25, 0.3) is 5.91 Å². The van der Waals surface area contributed by atoms with Crippen molar-refractivity contribution >= 4 is 29.3 Å². The Morgan fingerprint density at radius 1 is 1.08 bits per heavy atom. The highest BCUT2D eigenvalue weighted by atomic mass is 32.2. The van der Waals surface area contributed by atoms with Gasteiger partial charge in [-0.2, -0.15) is 4.98 Å². The zero-order chi connectivity index (χ0) is 26.6. The number of para-hydroxylation sites is 2. The van der Waals surface area contributed by atoms with Gasteiger partial charge in [-0.3, -0.25) is 4.79 Å². The van der Waals surface area contributed by atoms with Crippen molar-refractivity contribution < 1.29 is 18.7 Å². The van der Waals surface area contributed by atoms with E-state index < -0.39 is 6.04 Å². The predicted molar refractivity (Wildman–Crippen MR) is 145 cm³/mol. The van der Waals surface area contributed by atoms with Crippen LogP contribution in [0.1, 0.15) is 24.1 Å². The van der Waals surface area contributed by atoms with Crippen molar-refractivity contribution in [1.82, 2.24) is 14.8 Å². The molecular weight excluding hydrogens is 505 g/mol. The fraction of sp³-hybridized carbons (Fsp3) is 0.179. The molecule has 1 aliphatic heterocycles. The first-order valence-electron chi connectivity index (χ1n) is 11.9. The van der Waals surface area contributed by atoms with E-state index in [1.165, 1.54) is 17.8 Å². The van der Waals surface area contributed by atoms with Gasteiger partial charge in [0.05, 0.1) is 25.5 Å². The largest absolute Gasteiger partial charge is 0.497 e. The zero-order valence-electron chi connectivity index (χ0n) is 21.1. The molecule has 1 amide bonds. The summed E-state index contributed by atoms with van der Waals surface area (Å²) in [6.07, 6.45) is 0. The molecule has 1 aromatic heterocycles. The SMILES string of the molecule is COc1cccc(C2C(C(=O)Nc3ccccc3OC)=C(C)Nc3nc(SCc4ccccc4F)nn32)c1.